The Labute approximate surface area is 105 Å². The van der Waals surface area contributed by atoms with E-state index < -0.39 is 11.5 Å². The van der Waals surface area contributed by atoms with Crippen LogP contribution < -0.4 is 10.6 Å². The molecular weight excluding hydrogens is 238 g/mol. The predicted molar refractivity (Wildman–Crippen MR) is 64.9 cm³/mol. The molecule has 1 saturated heterocycles. The van der Waals surface area contributed by atoms with Crippen molar-refractivity contribution in [3.8, 4) is 0 Å². The van der Waals surface area contributed by atoms with Crippen molar-refractivity contribution >= 4 is 5.69 Å². The topological polar surface area (TPSA) is 38.5 Å². The maximum atomic E-state index is 13.2. The van der Waals surface area contributed by atoms with Gasteiger partial charge in [-0.2, -0.15) is 0 Å². The van der Waals surface area contributed by atoms with Crippen LogP contribution in [0.15, 0.2) is 24.3 Å². The van der Waals surface area contributed by atoms with Crippen LogP contribution in [-0.2, 0) is 10.3 Å². The average Bonchev–Trinajstić information content (AvgIpc) is 2.91. The quantitative estimate of drug-likeness (QED) is 0.873. The Morgan fingerprint density at radius 3 is 2.17 bits per heavy atom. The molecule has 1 aromatic carbocycles. The van der Waals surface area contributed by atoms with E-state index in [1.165, 1.54) is 0 Å². The predicted octanol–water partition coefficient (Wildman–Crippen LogP) is 1.72. The van der Waals surface area contributed by atoms with Gasteiger partial charge in [0, 0.05) is 25.2 Å². The molecule has 1 aromatic rings. The molecule has 1 aliphatic carbocycles. The van der Waals surface area contributed by atoms with E-state index in [2.05, 4.69) is 4.90 Å². The molecule has 18 heavy (non-hydrogen) atoms. The molecule has 98 valence electrons. The standard InChI is InChI=1S/C13H16F2N2O/c14-13(15)9-12(13,16)10-1-3-11(4-2-10)17-5-7-18-8-6-17/h1-4H,5-9,16H2. The molecule has 1 aliphatic heterocycles. The zero-order valence-electron chi connectivity index (χ0n) is 10.0. The minimum atomic E-state index is -2.76. The highest BCUT2D eigenvalue weighted by Gasteiger charge is 2.69. The monoisotopic (exact) mass is 254 g/mol. The van der Waals surface area contributed by atoms with Gasteiger partial charge in [0.05, 0.1) is 13.2 Å². The summed E-state index contributed by atoms with van der Waals surface area (Å²) < 4.78 is 31.6. The maximum absolute atomic E-state index is 13.2. The van der Waals surface area contributed by atoms with E-state index in [0.717, 1.165) is 18.8 Å². The molecule has 0 spiro atoms. The van der Waals surface area contributed by atoms with E-state index in [-0.39, 0.29) is 6.42 Å². The molecule has 0 aromatic heterocycles. The Kier molecular flexibility index (Phi) is 2.57. The van der Waals surface area contributed by atoms with Crippen LogP contribution in [0.25, 0.3) is 0 Å². The first-order valence-electron chi connectivity index (χ1n) is 6.13. The lowest BCUT2D eigenvalue weighted by Crippen LogP contribution is -2.36. The molecule has 1 saturated carbocycles. The van der Waals surface area contributed by atoms with Gasteiger partial charge >= 0.3 is 0 Å². The van der Waals surface area contributed by atoms with Crippen LogP contribution in [0.3, 0.4) is 0 Å². The third-order valence-electron chi connectivity index (χ3n) is 3.79. The lowest BCUT2D eigenvalue weighted by molar-refractivity contribution is 0.0891. The lowest BCUT2D eigenvalue weighted by atomic mass is 10.0. The second-order valence-corrected chi connectivity index (χ2v) is 5.00. The van der Waals surface area contributed by atoms with Gasteiger partial charge in [-0.15, -0.1) is 0 Å². The molecule has 3 rings (SSSR count). The van der Waals surface area contributed by atoms with Crippen molar-refractivity contribution in [2.45, 2.75) is 17.9 Å². The van der Waals surface area contributed by atoms with Crippen molar-refractivity contribution in [2.24, 2.45) is 5.73 Å². The number of nitrogens with two attached hydrogens (primary N) is 1. The van der Waals surface area contributed by atoms with E-state index >= 15 is 0 Å². The molecule has 2 aliphatic rings. The number of hydrogen-bond donors (Lipinski definition) is 1. The van der Waals surface area contributed by atoms with Gasteiger partial charge in [0.2, 0.25) is 0 Å². The molecule has 2 fully saturated rings. The number of benzene rings is 1. The van der Waals surface area contributed by atoms with Gasteiger partial charge in [0.15, 0.2) is 0 Å². The van der Waals surface area contributed by atoms with Crippen LogP contribution in [0.5, 0.6) is 0 Å². The maximum Gasteiger partial charge on any atom is 0.272 e. The van der Waals surface area contributed by atoms with Crippen molar-refractivity contribution in [2.75, 3.05) is 31.2 Å². The summed E-state index contributed by atoms with van der Waals surface area (Å²) in [6.07, 6.45) is -0.253. The molecule has 1 unspecified atom stereocenters. The summed E-state index contributed by atoms with van der Waals surface area (Å²) in [7, 11) is 0. The van der Waals surface area contributed by atoms with E-state index in [9.17, 15) is 8.78 Å². The fourth-order valence-corrected chi connectivity index (χ4v) is 2.41. The van der Waals surface area contributed by atoms with E-state index in [1.807, 2.05) is 12.1 Å². The lowest BCUT2D eigenvalue weighted by Gasteiger charge is -2.29. The molecule has 3 nitrogen and oxygen atoms in total. The van der Waals surface area contributed by atoms with Crippen LogP contribution in [0.4, 0.5) is 14.5 Å². The molecular formula is C13H16F2N2O. The minimum absolute atomic E-state index is 0.253. The molecule has 5 heteroatoms. The summed E-state index contributed by atoms with van der Waals surface area (Å²) in [6.45, 7) is 3.09. The van der Waals surface area contributed by atoms with Crippen LogP contribution in [-0.4, -0.2) is 32.2 Å². The van der Waals surface area contributed by atoms with Gasteiger partial charge in [-0.3, -0.25) is 0 Å². The SMILES string of the molecule is NC1(c2ccc(N3CCOCC3)cc2)CC1(F)F. The number of alkyl halides is 2. The van der Waals surface area contributed by atoms with E-state index in [4.69, 9.17) is 10.5 Å². The van der Waals surface area contributed by atoms with Crippen LogP contribution in [0.2, 0.25) is 0 Å². The van der Waals surface area contributed by atoms with Crippen LogP contribution in [0.1, 0.15) is 12.0 Å². The van der Waals surface area contributed by atoms with Crippen molar-refractivity contribution in [3.05, 3.63) is 29.8 Å². The molecule has 1 atom stereocenters. The number of rotatable bonds is 2. The highest BCUT2D eigenvalue weighted by molar-refractivity contribution is 5.50. The molecule has 0 bridgehead atoms. The van der Waals surface area contributed by atoms with Gasteiger partial charge in [0.1, 0.15) is 5.54 Å². The summed E-state index contributed by atoms with van der Waals surface area (Å²) in [6, 6.07) is 7.16. The summed E-state index contributed by atoms with van der Waals surface area (Å²) in [4.78, 5) is 2.18. The zero-order chi connectivity index (χ0) is 12.8. The Balaban J connectivity index is 1.77. The number of hydrogen-bond acceptors (Lipinski definition) is 3. The third kappa shape index (κ3) is 1.78. The second kappa shape index (κ2) is 3.90. The van der Waals surface area contributed by atoms with E-state index in [0.29, 0.717) is 18.8 Å². The Morgan fingerprint density at radius 1 is 1.11 bits per heavy atom. The molecule has 2 N–H and O–H groups in total. The number of morpholine rings is 1. The normalized spacial score (nSPS) is 30.3. The second-order valence-electron chi connectivity index (χ2n) is 5.00. The fraction of sp³-hybridized carbons (Fsp3) is 0.538. The first-order chi connectivity index (χ1) is 8.53. The van der Waals surface area contributed by atoms with Gasteiger partial charge in [-0.05, 0) is 17.7 Å². The summed E-state index contributed by atoms with van der Waals surface area (Å²) >= 11 is 0. The smallest absolute Gasteiger partial charge is 0.272 e. The number of halogens is 2. The summed E-state index contributed by atoms with van der Waals surface area (Å²) in [5, 5.41) is 0. The van der Waals surface area contributed by atoms with Gasteiger partial charge in [-0.1, -0.05) is 12.1 Å². The first-order valence-corrected chi connectivity index (χ1v) is 6.13. The highest BCUT2D eigenvalue weighted by atomic mass is 19.3. The van der Waals surface area contributed by atoms with Crippen LogP contribution in [0, 0.1) is 0 Å². The first kappa shape index (κ1) is 11.9. The summed E-state index contributed by atoms with van der Waals surface area (Å²) in [5.74, 6) is -2.76. The highest BCUT2D eigenvalue weighted by Crippen LogP contribution is 2.57. The number of anilines is 1. The van der Waals surface area contributed by atoms with Crippen molar-refractivity contribution < 1.29 is 13.5 Å². The molecule has 0 radical (unpaired) electrons. The molecule has 1 heterocycles. The minimum Gasteiger partial charge on any atom is -0.378 e. The fourth-order valence-electron chi connectivity index (χ4n) is 2.41. The zero-order valence-corrected chi connectivity index (χ0v) is 10.0. The van der Waals surface area contributed by atoms with Gasteiger partial charge in [-0.25, -0.2) is 8.78 Å². The Hall–Kier alpha value is -1.20. The summed E-state index contributed by atoms with van der Waals surface area (Å²) in [5.41, 5.74) is 5.80. The average molecular weight is 254 g/mol. The number of ether oxygens (including phenoxy) is 1. The van der Waals surface area contributed by atoms with E-state index in [1.54, 1.807) is 12.1 Å². The van der Waals surface area contributed by atoms with Crippen molar-refractivity contribution in [1.82, 2.24) is 0 Å². The van der Waals surface area contributed by atoms with Gasteiger partial charge < -0.3 is 15.4 Å². The van der Waals surface area contributed by atoms with Crippen LogP contribution >= 0.6 is 0 Å². The Bertz CT molecular complexity index is 443. The van der Waals surface area contributed by atoms with Gasteiger partial charge in [0.25, 0.3) is 5.92 Å². The molecule has 0 amide bonds. The van der Waals surface area contributed by atoms with Crippen molar-refractivity contribution in [3.63, 3.8) is 0 Å². The Morgan fingerprint density at radius 2 is 1.67 bits per heavy atom. The number of nitrogens with zero attached hydrogens (tertiary/aromatic N) is 1. The van der Waals surface area contributed by atoms with Crippen molar-refractivity contribution in [1.29, 1.82) is 0 Å². The largest absolute Gasteiger partial charge is 0.378 e. The third-order valence-corrected chi connectivity index (χ3v) is 3.79.